The van der Waals surface area contributed by atoms with Crippen molar-refractivity contribution in [1.29, 1.82) is 0 Å². The predicted octanol–water partition coefficient (Wildman–Crippen LogP) is 3.79. The second-order valence-electron chi connectivity index (χ2n) is 4.01. The summed E-state index contributed by atoms with van der Waals surface area (Å²) in [4.78, 5) is 0. The summed E-state index contributed by atoms with van der Waals surface area (Å²) in [5.41, 5.74) is 6.99. The van der Waals surface area contributed by atoms with E-state index < -0.39 is 0 Å². The number of benzene rings is 1. The molecule has 16 heavy (non-hydrogen) atoms. The Kier molecular flexibility index (Phi) is 3.42. The molecule has 2 nitrogen and oxygen atoms in total. The number of nitrogens with two attached hydrogens (primary N) is 1. The van der Waals surface area contributed by atoms with Crippen molar-refractivity contribution in [2.75, 3.05) is 0 Å². The molecule has 0 fully saturated rings. The van der Waals surface area contributed by atoms with Crippen LogP contribution >= 0.6 is 0 Å². The smallest absolute Gasteiger partial charge is 0.134 e. The molecule has 0 saturated carbocycles. The number of furan rings is 1. The molecular formula is C14H17NO. The molecule has 2 heteroatoms. The number of rotatable bonds is 5. The van der Waals surface area contributed by atoms with Crippen LogP contribution in [0.3, 0.4) is 0 Å². The summed E-state index contributed by atoms with van der Waals surface area (Å²) < 4.78 is 5.71. The van der Waals surface area contributed by atoms with E-state index >= 15 is 0 Å². The van der Waals surface area contributed by atoms with Crippen molar-refractivity contribution < 1.29 is 4.42 Å². The number of para-hydroxylation sites is 1. The molecule has 0 aliphatic rings. The second kappa shape index (κ2) is 4.99. The van der Waals surface area contributed by atoms with Crippen LogP contribution in [0, 0.1) is 0 Å². The largest absolute Gasteiger partial charge is 0.459 e. The van der Waals surface area contributed by atoms with E-state index in [4.69, 9.17) is 10.2 Å². The van der Waals surface area contributed by atoms with Gasteiger partial charge in [0.25, 0.3) is 0 Å². The average molecular weight is 215 g/mol. The molecule has 0 aliphatic carbocycles. The molecule has 1 aromatic heterocycles. The summed E-state index contributed by atoms with van der Waals surface area (Å²) in [7, 11) is 0. The van der Waals surface area contributed by atoms with E-state index in [1.54, 1.807) is 0 Å². The topological polar surface area (TPSA) is 39.2 Å². The molecule has 84 valence electrons. The first-order chi connectivity index (χ1) is 7.81. The lowest BCUT2D eigenvalue weighted by Gasteiger charge is -2.06. The lowest BCUT2D eigenvalue weighted by atomic mass is 10.1. The van der Waals surface area contributed by atoms with Gasteiger partial charge in [-0.25, -0.2) is 0 Å². The van der Waals surface area contributed by atoms with Gasteiger partial charge in [0, 0.05) is 5.39 Å². The zero-order valence-electron chi connectivity index (χ0n) is 9.36. The third kappa shape index (κ3) is 2.34. The van der Waals surface area contributed by atoms with Crippen LogP contribution < -0.4 is 5.73 Å². The molecule has 0 saturated heterocycles. The van der Waals surface area contributed by atoms with Gasteiger partial charge in [0.1, 0.15) is 11.3 Å². The molecule has 1 atom stereocenters. The number of hydrogen-bond acceptors (Lipinski definition) is 2. The van der Waals surface area contributed by atoms with Crippen LogP contribution in [0.25, 0.3) is 11.0 Å². The molecule has 0 aliphatic heterocycles. The van der Waals surface area contributed by atoms with Crippen molar-refractivity contribution in [3.63, 3.8) is 0 Å². The lowest BCUT2D eigenvalue weighted by Crippen LogP contribution is -2.08. The van der Waals surface area contributed by atoms with E-state index in [-0.39, 0.29) is 6.04 Å². The third-order valence-corrected chi connectivity index (χ3v) is 2.73. The van der Waals surface area contributed by atoms with Crippen molar-refractivity contribution in [3.05, 3.63) is 48.7 Å². The fraction of sp³-hybridized carbons (Fsp3) is 0.286. The molecule has 2 rings (SSSR count). The first-order valence-corrected chi connectivity index (χ1v) is 5.66. The fourth-order valence-corrected chi connectivity index (χ4v) is 1.81. The van der Waals surface area contributed by atoms with E-state index in [0.29, 0.717) is 0 Å². The molecule has 1 heterocycles. The highest BCUT2D eigenvalue weighted by Crippen LogP contribution is 2.25. The number of allylic oxidation sites excluding steroid dienone is 1. The molecule has 0 radical (unpaired) electrons. The Morgan fingerprint density at radius 1 is 1.38 bits per heavy atom. The summed E-state index contributed by atoms with van der Waals surface area (Å²) in [6, 6.07) is 10.0. The summed E-state index contributed by atoms with van der Waals surface area (Å²) in [5.74, 6) is 0.880. The number of hydrogen-bond donors (Lipinski definition) is 1. The SMILES string of the molecule is C=CCCCC(N)c1cc2ccccc2o1. The van der Waals surface area contributed by atoms with E-state index in [0.717, 1.165) is 36.0 Å². The predicted molar refractivity (Wildman–Crippen MR) is 67.2 cm³/mol. The highest BCUT2D eigenvalue weighted by molar-refractivity contribution is 5.77. The zero-order valence-corrected chi connectivity index (χ0v) is 9.36. The minimum atomic E-state index is -0.00708. The van der Waals surface area contributed by atoms with Crippen LogP contribution in [0.2, 0.25) is 0 Å². The van der Waals surface area contributed by atoms with Crippen molar-refractivity contribution in [2.45, 2.75) is 25.3 Å². The first-order valence-electron chi connectivity index (χ1n) is 5.66. The molecule has 0 bridgehead atoms. The Hall–Kier alpha value is -1.54. The fourth-order valence-electron chi connectivity index (χ4n) is 1.81. The first kappa shape index (κ1) is 11.0. The Labute approximate surface area is 95.7 Å². The van der Waals surface area contributed by atoms with Crippen LogP contribution in [0.1, 0.15) is 31.1 Å². The van der Waals surface area contributed by atoms with E-state index in [1.807, 2.05) is 36.4 Å². The van der Waals surface area contributed by atoms with Crippen LogP contribution in [0.4, 0.5) is 0 Å². The Morgan fingerprint density at radius 2 is 2.19 bits per heavy atom. The molecule has 1 aromatic carbocycles. The highest BCUT2D eigenvalue weighted by atomic mass is 16.3. The van der Waals surface area contributed by atoms with E-state index in [2.05, 4.69) is 6.58 Å². The average Bonchev–Trinajstić information content (AvgIpc) is 2.73. The monoisotopic (exact) mass is 215 g/mol. The van der Waals surface area contributed by atoms with Crippen molar-refractivity contribution >= 4 is 11.0 Å². The minimum Gasteiger partial charge on any atom is -0.459 e. The summed E-state index contributed by atoms with van der Waals surface area (Å²) in [6.45, 7) is 3.70. The van der Waals surface area contributed by atoms with Gasteiger partial charge in [-0.2, -0.15) is 0 Å². The van der Waals surface area contributed by atoms with E-state index in [1.165, 1.54) is 0 Å². The van der Waals surface area contributed by atoms with Crippen LogP contribution in [0.15, 0.2) is 47.4 Å². The van der Waals surface area contributed by atoms with Crippen molar-refractivity contribution in [3.8, 4) is 0 Å². The van der Waals surface area contributed by atoms with Gasteiger partial charge in [-0.15, -0.1) is 6.58 Å². The maximum atomic E-state index is 6.07. The van der Waals surface area contributed by atoms with Gasteiger partial charge < -0.3 is 10.2 Å². The van der Waals surface area contributed by atoms with Gasteiger partial charge in [-0.05, 0) is 31.4 Å². The summed E-state index contributed by atoms with van der Waals surface area (Å²) in [5, 5.41) is 1.12. The van der Waals surface area contributed by atoms with Crippen LogP contribution in [-0.2, 0) is 0 Å². The zero-order chi connectivity index (χ0) is 11.4. The minimum absolute atomic E-state index is 0.00708. The standard InChI is InChI=1S/C14H17NO/c1-2-3-4-8-12(15)14-10-11-7-5-6-9-13(11)16-14/h2,5-7,9-10,12H,1,3-4,8,15H2. The Bertz CT molecular complexity index is 439. The summed E-state index contributed by atoms with van der Waals surface area (Å²) >= 11 is 0. The summed E-state index contributed by atoms with van der Waals surface area (Å²) in [6.07, 6.45) is 4.92. The molecule has 0 spiro atoms. The maximum Gasteiger partial charge on any atom is 0.134 e. The quantitative estimate of drug-likeness (QED) is 0.608. The van der Waals surface area contributed by atoms with Gasteiger partial charge in [-0.1, -0.05) is 24.3 Å². The van der Waals surface area contributed by atoms with Crippen molar-refractivity contribution in [1.82, 2.24) is 0 Å². The van der Waals surface area contributed by atoms with Gasteiger partial charge in [0.15, 0.2) is 0 Å². The molecule has 1 unspecified atom stereocenters. The van der Waals surface area contributed by atoms with Crippen LogP contribution in [-0.4, -0.2) is 0 Å². The highest BCUT2D eigenvalue weighted by Gasteiger charge is 2.10. The van der Waals surface area contributed by atoms with Gasteiger partial charge in [-0.3, -0.25) is 0 Å². The Balaban J connectivity index is 2.10. The van der Waals surface area contributed by atoms with Crippen molar-refractivity contribution in [2.24, 2.45) is 5.73 Å². The third-order valence-electron chi connectivity index (χ3n) is 2.73. The molecule has 0 amide bonds. The normalized spacial score (nSPS) is 12.8. The molecule has 2 aromatic rings. The number of fused-ring (bicyclic) bond motifs is 1. The van der Waals surface area contributed by atoms with E-state index in [9.17, 15) is 0 Å². The molecular weight excluding hydrogens is 198 g/mol. The van der Waals surface area contributed by atoms with Crippen LogP contribution in [0.5, 0.6) is 0 Å². The second-order valence-corrected chi connectivity index (χ2v) is 4.01. The Morgan fingerprint density at radius 3 is 2.94 bits per heavy atom. The van der Waals surface area contributed by atoms with Gasteiger partial charge in [0.2, 0.25) is 0 Å². The molecule has 2 N–H and O–H groups in total. The van der Waals surface area contributed by atoms with Gasteiger partial charge in [0.05, 0.1) is 6.04 Å². The lowest BCUT2D eigenvalue weighted by molar-refractivity contribution is 0.471. The maximum absolute atomic E-state index is 6.07. The number of unbranched alkanes of at least 4 members (excludes halogenated alkanes) is 1. The van der Waals surface area contributed by atoms with Gasteiger partial charge >= 0.3 is 0 Å².